The number of aromatic amines is 1. The van der Waals surface area contributed by atoms with Gasteiger partial charge in [0.25, 0.3) is 5.56 Å². The van der Waals surface area contributed by atoms with E-state index in [0.717, 1.165) is 0 Å². The van der Waals surface area contributed by atoms with E-state index in [1.807, 2.05) is 25.8 Å². The number of nitrogens with zero attached hydrogens (tertiary/aromatic N) is 2. The van der Waals surface area contributed by atoms with E-state index in [2.05, 4.69) is 4.98 Å². The van der Waals surface area contributed by atoms with Gasteiger partial charge in [-0.3, -0.25) is 9.78 Å². The van der Waals surface area contributed by atoms with Crippen LogP contribution in [-0.2, 0) is 14.2 Å². The quantitative estimate of drug-likeness (QED) is 0.688. The van der Waals surface area contributed by atoms with E-state index in [1.165, 1.54) is 10.6 Å². The molecule has 1 N–H and O–H groups in total. The predicted molar refractivity (Wildman–Crippen MR) is 72.3 cm³/mol. The molecule has 2 bridgehead atoms. The molecule has 3 aliphatic rings. The van der Waals surface area contributed by atoms with Crippen LogP contribution in [0.4, 0.5) is 5.82 Å². The summed E-state index contributed by atoms with van der Waals surface area (Å²) in [5.41, 5.74) is -0.916. The lowest BCUT2D eigenvalue weighted by Crippen LogP contribution is -2.43. The number of aromatic nitrogens is 2. The van der Waals surface area contributed by atoms with E-state index in [4.69, 9.17) is 14.2 Å². The Morgan fingerprint density at radius 1 is 1.29 bits per heavy atom. The molecule has 0 aromatic carbocycles. The van der Waals surface area contributed by atoms with Crippen LogP contribution in [0.1, 0.15) is 20.1 Å². The minimum absolute atomic E-state index is 0.207. The molecule has 4 rings (SSSR count). The van der Waals surface area contributed by atoms with Crippen LogP contribution in [0.25, 0.3) is 0 Å². The summed E-state index contributed by atoms with van der Waals surface area (Å²) >= 11 is 0. The number of nitrogens with one attached hydrogen (secondary N) is 1. The van der Waals surface area contributed by atoms with Crippen LogP contribution in [0.2, 0.25) is 0 Å². The number of anilines is 1. The first-order chi connectivity index (χ1) is 9.85. The Labute approximate surface area is 120 Å². The molecule has 4 heterocycles. The first-order valence-corrected chi connectivity index (χ1v) is 6.94. The second kappa shape index (κ2) is 3.96. The zero-order chi connectivity index (χ0) is 14.9. The van der Waals surface area contributed by atoms with Crippen molar-refractivity contribution in [1.82, 2.24) is 9.55 Å². The molecule has 0 aliphatic carbocycles. The molecule has 1 aromatic heterocycles. The minimum Gasteiger partial charge on any atom is -0.358 e. The highest BCUT2D eigenvalue weighted by atomic mass is 16.8. The number of ether oxygens (including phenoxy) is 3. The number of likely N-dealkylation sites (N-methyl/N-ethyl adjacent to an activating group) is 1. The smallest absolute Gasteiger partial charge is 0.332 e. The molecule has 0 spiro atoms. The van der Waals surface area contributed by atoms with Crippen molar-refractivity contribution < 1.29 is 14.2 Å². The lowest BCUT2D eigenvalue weighted by molar-refractivity contribution is -0.194. The maximum absolute atomic E-state index is 12.2. The Kier molecular flexibility index (Phi) is 2.46. The van der Waals surface area contributed by atoms with Crippen LogP contribution in [0, 0.1) is 0 Å². The van der Waals surface area contributed by atoms with Crippen LogP contribution < -0.4 is 16.1 Å². The summed E-state index contributed by atoms with van der Waals surface area (Å²) in [6.07, 6.45) is -1.38. The van der Waals surface area contributed by atoms with Gasteiger partial charge >= 0.3 is 5.69 Å². The molecule has 1 aromatic rings. The largest absolute Gasteiger partial charge is 0.358 e. The van der Waals surface area contributed by atoms with Gasteiger partial charge < -0.3 is 19.1 Å². The summed E-state index contributed by atoms with van der Waals surface area (Å²) in [5, 5.41) is 0. The average Bonchev–Trinajstić information content (AvgIpc) is 2.77. The van der Waals surface area contributed by atoms with E-state index in [1.54, 1.807) is 0 Å². The fraction of sp³-hybridized carbons (Fsp3) is 0.692. The van der Waals surface area contributed by atoms with E-state index >= 15 is 0 Å². The zero-order valence-electron chi connectivity index (χ0n) is 12.0. The van der Waals surface area contributed by atoms with Crippen LogP contribution in [0.5, 0.6) is 0 Å². The zero-order valence-corrected chi connectivity index (χ0v) is 12.0. The molecule has 21 heavy (non-hydrogen) atoms. The molecule has 8 heteroatoms. The Morgan fingerprint density at radius 3 is 2.76 bits per heavy atom. The molecule has 4 atom stereocenters. The molecule has 8 nitrogen and oxygen atoms in total. The van der Waals surface area contributed by atoms with Gasteiger partial charge in [0.05, 0.1) is 0 Å². The summed E-state index contributed by atoms with van der Waals surface area (Å²) in [4.78, 5) is 27.9. The summed E-state index contributed by atoms with van der Waals surface area (Å²) in [6.45, 7) is 4.22. The third kappa shape index (κ3) is 1.79. The Balaban J connectivity index is 1.89. The SMILES string of the molecule is CN1C[C@H]2O[C@H]([C@@H]3OC(C)(C)O[C@@H]32)n2c1cc(=O)[nH]c2=O. The third-order valence-electron chi connectivity index (χ3n) is 4.18. The van der Waals surface area contributed by atoms with Gasteiger partial charge in [-0.2, -0.15) is 0 Å². The highest BCUT2D eigenvalue weighted by Crippen LogP contribution is 2.45. The average molecular weight is 295 g/mol. The number of hydrogen-bond acceptors (Lipinski definition) is 6. The molecule has 0 saturated carbocycles. The summed E-state index contributed by atoms with van der Waals surface area (Å²) in [7, 11) is 1.82. The number of H-pyrrole nitrogens is 1. The first kappa shape index (κ1) is 13.1. The van der Waals surface area contributed by atoms with Crippen molar-refractivity contribution in [2.75, 3.05) is 18.5 Å². The lowest BCUT2D eigenvalue weighted by Gasteiger charge is -2.26. The van der Waals surface area contributed by atoms with E-state index in [-0.39, 0.29) is 18.3 Å². The number of fused-ring (bicyclic) bond motifs is 7. The van der Waals surface area contributed by atoms with E-state index in [9.17, 15) is 9.59 Å². The second-order valence-corrected chi connectivity index (χ2v) is 6.18. The summed E-state index contributed by atoms with van der Waals surface area (Å²) in [6, 6.07) is 1.40. The first-order valence-electron chi connectivity index (χ1n) is 6.94. The van der Waals surface area contributed by atoms with Crippen molar-refractivity contribution in [1.29, 1.82) is 0 Å². The van der Waals surface area contributed by atoms with Gasteiger partial charge in [0.1, 0.15) is 24.1 Å². The highest BCUT2D eigenvalue weighted by Gasteiger charge is 2.57. The number of rotatable bonds is 0. The molecule has 2 fully saturated rings. The Hall–Kier alpha value is -1.64. The maximum Gasteiger partial charge on any atom is 0.332 e. The molecular weight excluding hydrogens is 278 g/mol. The van der Waals surface area contributed by atoms with Gasteiger partial charge in [-0.25, -0.2) is 9.36 Å². The monoisotopic (exact) mass is 295 g/mol. The Morgan fingerprint density at radius 2 is 2.00 bits per heavy atom. The van der Waals surface area contributed by atoms with Crippen molar-refractivity contribution in [3.05, 3.63) is 26.9 Å². The molecule has 2 saturated heterocycles. The van der Waals surface area contributed by atoms with E-state index in [0.29, 0.717) is 12.4 Å². The lowest BCUT2D eigenvalue weighted by atomic mass is 10.1. The van der Waals surface area contributed by atoms with Crippen LogP contribution in [0.15, 0.2) is 15.7 Å². The van der Waals surface area contributed by atoms with Gasteiger partial charge in [0.15, 0.2) is 12.0 Å². The topological polar surface area (TPSA) is 85.8 Å². The van der Waals surface area contributed by atoms with Gasteiger partial charge in [0.2, 0.25) is 0 Å². The fourth-order valence-corrected chi connectivity index (χ4v) is 3.41. The minimum atomic E-state index is -0.704. The van der Waals surface area contributed by atoms with Crippen LogP contribution in [0.3, 0.4) is 0 Å². The highest BCUT2D eigenvalue weighted by molar-refractivity contribution is 5.39. The standard InChI is InChI=1S/C13H17N3O5/c1-13(2)20-9-6-5-15(3)8-4-7(17)14-12(18)16(8)11(19-6)10(9)21-13/h4,6,9-11H,5H2,1-3H3,(H,14,17,18)/t6-,9-,10-,11-/m1/s1. The van der Waals surface area contributed by atoms with Gasteiger partial charge in [-0.05, 0) is 13.8 Å². The fourth-order valence-electron chi connectivity index (χ4n) is 3.41. The van der Waals surface area contributed by atoms with Crippen molar-refractivity contribution in [3.63, 3.8) is 0 Å². The van der Waals surface area contributed by atoms with Crippen molar-refractivity contribution in [2.24, 2.45) is 0 Å². The summed E-state index contributed by atoms with van der Waals surface area (Å²) in [5.74, 6) is -0.173. The van der Waals surface area contributed by atoms with E-state index < -0.39 is 23.3 Å². The van der Waals surface area contributed by atoms with Crippen LogP contribution >= 0.6 is 0 Å². The molecule has 0 amide bonds. The maximum atomic E-state index is 12.2. The summed E-state index contributed by atoms with van der Waals surface area (Å²) < 4.78 is 19.2. The van der Waals surface area contributed by atoms with Gasteiger partial charge in [-0.1, -0.05) is 0 Å². The number of hydrogen-bond donors (Lipinski definition) is 1. The van der Waals surface area contributed by atoms with Crippen LogP contribution in [-0.4, -0.2) is 47.2 Å². The molecule has 3 aliphatic heterocycles. The molecule has 114 valence electrons. The van der Waals surface area contributed by atoms with Gasteiger partial charge in [-0.15, -0.1) is 0 Å². The molecular formula is C13H17N3O5. The van der Waals surface area contributed by atoms with Crippen molar-refractivity contribution >= 4 is 5.82 Å². The third-order valence-corrected chi connectivity index (χ3v) is 4.18. The van der Waals surface area contributed by atoms with Crippen molar-refractivity contribution in [3.8, 4) is 0 Å². The van der Waals surface area contributed by atoms with Crippen molar-refractivity contribution in [2.45, 2.75) is 44.2 Å². The molecule has 0 radical (unpaired) electrons. The Bertz CT molecular complexity index is 708. The predicted octanol–water partition coefficient (Wildman–Crippen LogP) is -0.596. The molecule has 0 unspecified atom stereocenters. The normalized spacial score (nSPS) is 36.2. The second-order valence-electron chi connectivity index (χ2n) is 6.18. The van der Waals surface area contributed by atoms with Gasteiger partial charge in [0, 0.05) is 19.7 Å².